The number of amides is 1. The molecule has 3 nitrogen and oxygen atoms in total. The molecule has 1 amide bonds. The summed E-state index contributed by atoms with van der Waals surface area (Å²) in [4.78, 5) is 12.3. The van der Waals surface area contributed by atoms with E-state index in [9.17, 15) is 9.18 Å². The largest absolute Gasteiger partial charge is 0.378 e. The van der Waals surface area contributed by atoms with E-state index in [0.717, 1.165) is 25.9 Å². The fourth-order valence-corrected chi connectivity index (χ4v) is 2.77. The molecule has 0 bridgehead atoms. The van der Waals surface area contributed by atoms with Crippen LogP contribution in [-0.4, -0.2) is 25.2 Å². The van der Waals surface area contributed by atoms with Crippen molar-refractivity contribution in [3.8, 4) is 0 Å². The summed E-state index contributed by atoms with van der Waals surface area (Å²) in [5.41, 5.74) is 0.513. The quantitative estimate of drug-likeness (QED) is 0.937. The molecule has 4 heteroatoms. The van der Waals surface area contributed by atoms with E-state index in [4.69, 9.17) is 4.74 Å². The Labute approximate surface area is 123 Å². The smallest absolute Gasteiger partial charge is 0.251 e. The van der Waals surface area contributed by atoms with Gasteiger partial charge in [-0.3, -0.25) is 4.79 Å². The van der Waals surface area contributed by atoms with E-state index < -0.39 is 0 Å². The summed E-state index contributed by atoms with van der Waals surface area (Å²) in [5, 5.41) is 4.02. The van der Waals surface area contributed by atoms with Crippen LogP contribution in [0.25, 0.3) is 10.8 Å². The lowest BCUT2D eigenvalue weighted by Crippen LogP contribution is -2.27. The van der Waals surface area contributed by atoms with Crippen LogP contribution in [0.15, 0.2) is 36.4 Å². The zero-order valence-corrected chi connectivity index (χ0v) is 11.8. The summed E-state index contributed by atoms with van der Waals surface area (Å²) < 4.78 is 19.3. The number of carbonyl (C=O) groups is 1. The monoisotopic (exact) mass is 287 g/mol. The summed E-state index contributed by atoms with van der Waals surface area (Å²) in [5.74, 6) is -0.467. The lowest BCUT2D eigenvalue weighted by molar-refractivity contribution is 0.0908. The number of ether oxygens (including phenoxy) is 1. The molecule has 0 aliphatic carbocycles. The van der Waals surface area contributed by atoms with Gasteiger partial charge in [0.1, 0.15) is 5.82 Å². The van der Waals surface area contributed by atoms with E-state index >= 15 is 0 Å². The van der Waals surface area contributed by atoms with Crippen molar-refractivity contribution in [1.29, 1.82) is 0 Å². The van der Waals surface area contributed by atoms with Crippen molar-refractivity contribution in [3.05, 3.63) is 47.8 Å². The van der Waals surface area contributed by atoms with Crippen LogP contribution in [0.4, 0.5) is 4.39 Å². The molecule has 1 heterocycles. The summed E-state index contributed by atoms with van der Waals surface area (Å²) >= 11 is 0. The summed E-state index contributed by atoms with van der Waals surface area (Å²) in [7, 11) is 0. The van der Waals surface area contributed by atoms with E-state index in [1.54, 1.807) is 24.3 Å². The highest BCUT2D eigenvalue weighted by molar-refractivity contribution is 6.07. The number of halogens is 1. The van der Waals surface area contributed by atoms with Crippen LogP contribution in [-0.2, 0) is 4.74 Å². The molecule has 0 radical (unpaired) electrons. The highest BCUT2D eigenvalue weighted by atomic mass is 19.1. The third kappa shape index (κ3) is 3.05. The molecule has 1 N–H and O–H groups in total. The molecule has 0 saturated carbocycles. The molecular weight excluding hydrogens is 269 g/mol. The molecule has 21 heavy (non-hydrogen) atoms. The molecule has 0 aromatic heterocycles. The van der Waals surface area contributed by atoms with Gasteiger partial charge in [-0.05, 0) is 36.8 Å². The van der Waals surface area contributed by atoms with E-state index in [1.807, 2.05) is 6.07 Å². The minimum Gasteiger partial charge on any atom is -0.378 e. The van der Waals surface area contributed by atoms with Crippen LogP contribution in [0.3, 0.4) is 0 Å². The topological polar surface area (TPSA) is 38.3 Å². The highest BCUT2D eigenvalue weighted by Gasteiger charge is 2.16. The summed E-state index contributed by atoms with van der Waals surface area (Å²) in [6.07, 6.45) is 3.25. The van der Waals surface area contributed by atoms with E-state index in [2.05, 4.69) is 5.32 Å². The Hall–Kier alpha value is -1.94. The number of nitrogens with one attached hydrogen (secondary N) is 1. The minimum atomic E-state index is -0.304. The number of hydrogen-bond donors (Lipinski definition) is 1. The standard InChI is InChI=1S/C17H18FNO2/c18-16-8-7-15(13-5-1-2-6-14(13)16)17(20)19-10-9-12-4-3-11-21-12/h1-2,5-8,12H,3-4,9-11H2,(H,19,20). The van der Waals surface area contributed by atoms with Gasteiger partial charge in [-0.25, -0.2) is 4.39 Å². The zero-order valence-electron chi connectivity index (χ0n) is 11.8. The first kappa shape index (κ1) is 14.0. The van der Waals surface area contributed by atoms with Crippen molar-refractivity contribution in [2.24, 2.45) is 0 Å². The van der Waals surface area contributed by atoms with Gasteiger partial charge in [-0.2, -0.15) is 0 Å². The van der Waals surface area contributed by atoms with Gasteiger partial charge in [-0.15, -0.1) is 0 Å². The maximum Gasteiger partial charge on any atom is 0.251 e. The molecule has 0 spiro atoms. The maximum absolute atomic E-state index is 13.7. The second kappa shape index (κ2) is 6.22. The molecule has 1 fully saturated rings. The van der Waals surface area contributed by atoms with Crippen molar-refractivity contribution in [2.45, 2.75) is 25.4 Å². The van der Waals surface area contributed by atoms with E-state index in [0.29, 0.717) is 22.9 Å². The van der Waals surface area contributed by atoms with Gasteiger partial charge >= 0.3 is 0 Å². The Morgan fingerprint density at radius 1 is 1.24 bits per heavy atom. The molecular formula is C17H18FNO2. The number of hydrogen-bond acceptors (Lipinski definition) is 2. The fraction of sp³-hybridized carbons (Fsp3) is 0.353. The first-order valence-electron chi connectivity index (χ1n) is 7.33. The maximum atomic E-state index is 13.7. The average Bonchev–Trinajstić information content (AvgIpc) is 3.01. The summed E-state index contributed by atoms with van der Waals surface area (Å²) in [6, 6.07) is 9.92. The number of fused-ring (bicyclic) bond motifs is 1. The molecule has 1 saturated heterocycles. The van der Waals surface area contributed by atoms with Gasteiger partial charge in [0.25, 0.3) is 5.91 Å². The van der Waals surface area contributed by atoms with Crippen molar-refractivity contribution < 1.29 is 13.9 Å². The van der Waals surface area contributed by atoms with E-state index in [1.165, 1.54) is 6.07 Å². The van der Waals surface area contributed by atoms with Gasteiger partial charge in [0, 0.05) is 24.1 Å². The Kier molecular flexibility index (Phi) is 4.15. The van der Waals surface area contributed by atoms with Gasteiger partial charge in [0.2, 0.25) is 0 Å². The zero-order chi connectivity index (χ0) is 14.7. The van der Waals surface area contributed by atoms with Gasteiger partial charge < -0.3 is 10.1 Å². The Morgan fingerprint density at radius 2 is 2.05 bits per heavy atom. The Bertz CT molecular complexity index is 650. The lowest BCUT2D eigenvalue weighted by Gasteiger charge is -2.11. The van der Waals surface area contributed by atoms with Crippen LogP contribution in [0.5, 0.6) is 0 Å². The van der Waals surface area contributed by atoms with Crippen molar-refractivity contribution in [3.63, 3.8) is 0 Å². The first-order chi connectivity index (χ1) is 10.3. The second-order valence-electron chi connectivity index (χ2n) is 5.32. The predicted octanol–water partition coefficient (Wildman–Crippen LogP) is 3.28. The highest BCUT2D eigenvalue weighted by Crippen LogP contribution is 2.22. The third-order valence-corrected chi connectivity index (χ3v) is 3.89. The fourth-order valence-electron chi connectivity index (χ4n) is 2.77. The SMILES string of the molecule is O=C(NCCC1CCCO1)c1ccc(F)c2ccccc12. The molecule has 2 aromatic rings. The third-order valence-electron chi connectivity index (χ3n) is 3.89. The average molecular weight is 287 g/mol. The van der Waals surface area contributed by atoms with Crippen LogP contribution < -0.4 is 5.32 Å². The molecule has 1 aliphatic heterocycles. The molecule has 3 rings (SSSR count). The van der Waals surface area contributed by atoms with Crippen LogP contribution in [0.1, 0.15) is 29.6 Å². The summed E-state index contributed by atoms with van der Waals surface area (Å²) in [6.45, 7) is 1.40. The molecule has 1 atom stereocenters. The second-order valence-corrected chi connectivity index (χ2v) is 5.32. The number of rotatable bonds is 4. The molecule has 1 aliphatic rings. The van der Waals surface area contributed by atoms with Gasteiger partial charge in [0.15, 0.2) is 0 Å². The number of carbonyl (C=O) groups excluding carboxylic acids is 1. The molecule has 1 unspecified atom stereocenters. The van der Waals surface area contributed by atoms with Gasteiger partial charge in [0.05, 0.1) is 6.10 Å². The van der Waals surface area contributed by atoms with Gasteiger partial charge in [-0.1, -0.05) is 24.3 Å². The normalized spacial score (nSPS) is 18.0. The Morgan fingerprint density at radius 3 is 2.81 bits per heavy atom. The first-order valence-corrected chi connectivity index (χ1v) is 7.33. The van der Waals surface area contributed by atoms with E-state index in [-0.39, 0.29) is 17.8 Å². The minimum absolute atomic E-state index is 0.163. The van der Waals surface area contributed by atoms with Crippen molar-refractivity contribution >= 4 is 16.7 Å². The van der Waals surface area contributed by atoms with Crippen molar-refractivity contribution in [1.82, 2.24) is 5.32 Å². The molecule has 110 valence electrons. The van der Waals surface area contributed by atoms with Crippen LogP contribution >= 0.6 is 0 Å². The number of benzene rings is 2. The van der Waals surface area contributed by atoms with Crippen LogP contribution in [0.2, 0.25) is 0 Å². The van der Waals surface area contributed by atoms with Crippen molar-refractivity contribution in [2.75, 3.05) is 13.2 Å². The predicted molar refractivity (Wildman–Crippen MR) is 79.8 cm³/mol. The lowest BCUT2D eigenvalue weighted by atomic mass is 10.0. The van der Waals surface area contributed by atoms with Crippen LogP contribution in [0, 0.1) is 5.82 Å². The molecule has 2 aromatic carbocycles. The Balaban J connectivity index is 1.71.